The Balaban J connectivity index is 2.14. The van der Waals surface area contributed by atoms with Crippen molar-refractivity contribution in [1.29, 1.82) is 0 Å². The fraction of sp³-hybridized carbons (Fsp3) is 0. The van der Waals surface area contributed by atoms with E-state index in [4.69, 9.17) is 5.73 Å². The molecule has 0 bridgehead atoms. The number of carbonyl (C=O) groups excluding carboxylic acids is 1. The summed E-state index contributed by atoms with van der Waals surface area (Å²) in [6.45, 7) is 0. The third-order valence-corrected chi connectivity index (χ3v) is 2.56. The van der Waals surface area contributed by atoms with E-state index in [0.717, 1.165) is 0 Å². The summed E-state index contributed by atoms with van der Waals surface area (Å²) in [6, 6.07) is 12.1. The molecule has 0 atom stereocenters. The van der Waals surface area contributed by atoms with E-state index in [1.165, 1.54) is 0 Å². The van der Waals surface area contributed by atoms with Crippen molar-refractivity contribution in [1.82, 2.24) is 4.98 Å². The topological polar surface area (TPSA) is 68.0 Å². The zero-order chi connectivity index (χ0) is 12.3. The van der Waals surface area contributed by atoms with Crippen LogP contribution in [0.25, 0.3) is 0 Å². The first-order valence-corrected chi connectivity index (χ1v) is 5.74. The third kappa shape index (κ3) is 3.04. The van der Waals surface area contributed by atoms with Crippen LogP contribution in [0.4, 0.5) is 11.4 Å². The summed E-state index contributed by atoms with van der Waals surface area (Å²) in [5, 5.41) is 2.73. The van der Waals surface area contributed by atoms with E-state index < -0.39 is 0 Å². The van der Waals surface area contributed by atoms with Crippen LogP contribution in [0, 0.1) is 0 Å². The van der Waals surface area contributed by atoms with Gasteiger partial charge in [-0.1, -0.05) is 6.07 Å². The number of hydrogen-bond donors (Lipinski definition) is 2. The number of aromatic nitrogens is 1. The number of amides is 1. The molecule has 2 rings (SSSR count). The van der Waals surface area contributed by atoms with Crippen molar-refractivity contribution < 1.29 is 4.79 Å². The largest absolute Gasteiger partial charge is 0.399 e. The van der Waals surface area contributed by atoms with Crippen LogP contribution in [0.15, 0.2) is 47.1 Å². The van der Waals surface area contributed by atoms with E-state index in [2.05, 4.69) is 26.2 Å². The molecule has 0 aliphatic heterocycles. The Bertz CT molecular complexity index is 540. The molecule has 0 spiro atoms. The third-order valence-electron chi connectivity index (χ3n) is 2.12. The summed E-state index contributed by atoms with van der Waals surface area (Å²) in [6.07, 6.45) is 0. The highest BCUT2D eigenvalue weighted by Gasteiger charge is 2.07. The van der Waals surface area contributed by atoms with Crippen LogP contribution in [-0.4, -0.2) is 10.9 Å². The SMILES string of the molecule is Nc1ccc(NC(=O)c2cccc(Br)n2)cc1. The number of nitrogens with one attached hydrogen (secondary N) is 1. The zero-order valence-electron chi connectivity index (χ0n) is 8.85. The molecule has 0 radical (unpaired) electrons. The highest BCUT2D eigenvalue weighted by molar-refractivity contribution is 9.10. The smallest absolute Gasteiger partial charge is 0.274 e. The van der Waals surface area contributed by atoms with Gasteiger partial charge in [0.2, 0.25) is 0 Å². The second-order valence-corrected chi connectivity index (χ2v) is 4.23. The van der Waals surface area contributed by atoms with E-state index in [-0.39, 0.29) is 5.91 Å². The van der Waals surface area contributed by atoms with Gasteiger partial charge in [0.15, 0.2) is 0 Å². The maximum Gasteiger partial charge on any atom is 0.274 e. The second-order valence-electron chi connectivity index (χ2n) is 3.42. The van der Waals surface area contributed by atoms with Crippen molar-refractivity contribution in [3.05, 3.63) is 52.8 Å². The van der Waals surface area contributed by atoms with Crippen LogP contribution in [0.3, 0.4) is 0 Å². The van der Waals surface area contributed by atoms with Gasteiger partial charge >= 0.3 is 0 Å². The van der Waals surface area contributed by atoms with Gasteiger partial charge < -0.3 is 11.1 Å². The molecule has 3 N–H and O–H groups in total. The van der Waals surface area contributed by atoms with Crippen molar-refractivity contribution in [2.24, 2.45) is 0 Å². The van der Waals surface area contributed by atoms with Crippen LogP contribution in [0.1, 0.15) is 10.5 Å². The Morgan fingerprint density at radius 1 is 1.18 bits per heavy atom. The van der Waals surface area contributed by atoms with E-state index in [1.54, 1.807) is 42.5 Å². The molecule has 0 fully saturated rings. The second kappa shape index (κ2) is 4.97. The molecule has 17 heavy (non-hydrogen) atoms. The summed E-state index contributed by atoms with van der Waals surface area (Å²) >= 11 is 3.22. The van der Waals surface area contributed by atoms with Crippen LogP contribution in [0.5, 0.6) is 0 Å². The number of nitrogens with zero attached hydrogens (tertiary/aromatic N) is 1. The average Bonchev–Trinajstić information content (AvgIpc) is 2.32. The van der Waals surface area contributed by atoms with E-state index in [9.17, 15) is 4.79 Å². The fourth-order valence-corrected chi connectivity index (χ4v) is 1.64. The molecule has 5 heteroatoms. The molecule has 4 nitrogen and oxygen atoms in total. The predicted octanol–water partition coefficient (Wildman–Crippen LogP) is 2.68. The van der Waals surface area contributed by atoms with Crippen LogP contribution in [0.2, 0.25) is 0 Å². The predicted molar refractivity (Wildman–Crippen MR) is 70.7 cm³/mol. The lowest BCUT2D eigenvalue weighted by Gasteiger charge is -2.05. The molecule has 0 unspecified atom stereocenters. The van der Waals surface area contributed by atoms with Crippen molar-refractivity contribution >= 4 is 33.2 Å². The number of halogens is 1. The molecule has 2 aromatic rings. The summed E-state index contributed by atoms with van der Waals surface area (Å²) in [5.74, 6) is -0.254. The maximum atomic E-state index is 11.8. The quantitative estimate of drug-likeness (QED) is 0.660. The Morgan fingerprint density at radius 3 is 2.53 bits per heavy atom. The number of nitrogen functional groups attached to an aromatic ring is 1. The van der Waals surface area contributed by atoms with E-state index in [0.29, 0.717) is 21.7 Å². The summed E-state index contributed by atoms with van der Waals surface area (Å²) in [7, 11) is 0. The van der Waals surface area contributed by atoms with Crippen molar-refractivity contribution in [3.8, 4) is 0 Å². The number of pyridine rings is 1. The van der Waals surface area contributed by atoms with Crippen molar-refractivity contribution in [2.45, 2.75) is 0 Å². The first-order chi connectivity index (χ1) is 8.15. The minimum atomic E-state index is -0.254. The van der Waals surface area contributed by atoms with Gasteiger partial charge in [-0.15, -0.1) is 0 Å². The molecule has 86 valence electrons. The van der Waals surface area contributed by atoms with Crippen LogP contribution in [-0.2, 0) is 0 Å². The fourth-order valence-electron chi connectivity index (χ4n) is 1.30. The van der Waals surface area contributed by atoms with Gasteiger partial charge in [0, 0.05) is 11.4 Å². The Labute approximate surface area is 107 Å². The van der Waals surface area contributed by atoms with E-state index >= 15 is 0 Å². The van der Waals surface area contributed by atoms with Gasteiger partial charge in [0.05, 0.1) is 0 Å². The highest BCUT2D eigenvalue weighted by atomic mass is 79.9. The van der Waals surface area contributed by atoms with Gasteiger partial charge in [0.1, 0.15) is 10.3 Å². The average molecular weight is 292 g/mol. The van der Waals surface area contributed by atoms with Gasteiger partial charge in [-0.3, -0.25) is 4.79 Å². The number of anilines is 2. The van der Waals surface area contributed by atoms with Gasteiger partial charge in [-0.05, 0) is 52.3 Å². The number of hydrogen-bond acceptors (Lipinski definition) is 3. The number of rotatable bonds is 2. The van der Waals surface area contributed by atoms with Crippen LogP contribution >= 0.6 is 15.9 Å². The van der Waals surface area contributed by atoms with Crippen molar-refractivity contribution in [2.75, 3.05) is 11.1 Å². The molecule has 1 heterocycles. The Hall–Kier alpha value is -1.88. The Morgan fingerprint density at radius 2 is 1.88 bits per heavy atom. The number of benzene rings is 1. The Kier molecular flexibility index (Phi) is 3.39. The molecule has 0 aliphatic carbocycles. The van der Waals surface area contributed by atoms with Gasteiger partial charge in [-0.2, -0.15) is 0 Å². The standard InChI is InChI=1S/C12H10BrN3O/c13-11-3-1-2-10(16-11)12(17)15-9-6-4-8(14)5-7-9/h1-7H,14H2,(H,15,17). The summed E-state index contributed by atoms with van der Waals surface area (Å²) < 4.78 is 0.627. The summed E-state index contributed by atoms with van der Waals surface area (Å²) in [4.78, 5) is 15.9. The lowest BCUT2D eigenvalue weighted by Crippen LogP contribution is -2.13. The molecule has 0 aliphatic rings. The molecule has 0 saturated heterocycles. The maximum absolute atomic E-state index is 11.8. The first-order valence-electron chi connectivity index (χ1n) is 4.94. The minimum absolute atomic E-state index is 0.254. The molecular formula is C12H10BrN3O. The lowest BCUT2D eigenvalue weighted by atomic mass is 10.2. The van der Waals surface area contributed by atoms with Crippen LogP contribution < -0.4 is 11.1 Å². The lowest BCUT2D eigenvalue weighted by molar-refractivity contribution is 0.102. The number of nitrogens with two attached hydrogens (primary N) is 1. The normalized spacial score (nSPS) is 9.94. The first kappa shape index (κ1) is 11.6. The minimum Gasteiger partial charge on any atom is -0.399 e. The van der Waals surface area contributed by atoms with Gasteiger partial charge in [0.25, 0.3) is 5.91 Å². The molecular weight excluding hydrogens is 282 g/mol. The summed E-state index contributed by atoms with van der Waals surface area (Å²) in [5.41, 5.74) is 7.26. The zero-order valence-corrected chi connectivity index (χ0v) is 10.4. The molecule has 1 aromatic carbocycles. The van der Waals surface area contributed by atoms with E-state index in [1.807, 2.05) is 0 Å². The molecule has 1 aromatic heterocycles. The molecule has 1 amide bonds. The monoisotopic (exact) mass is 291 g/mol. The number of carbonyl (C=O) groups is 1. The van der Waals surface area contributed by atoms with Crippen molar-refractivity contribution in [3.63, 3.8) is 0 Å². The van der Waals surface area contributed by atoms with Gasteiger partial charge in [-0.25, -0.2) is 4.98 Å². The molecule has 0 saturated carbocycles. The highest BCUT2D eigenvalue weighted by Crippen LogP contribution is 2.12.